The molecule has 224 valence electrons. The molecule has 1 aromatic heterocycles. The number of amides is 4. The number of nitrogens with one attached hydrogen (secondary N) is 2. The van der Waals surface area contributed by atoms with Crippen LogP contribution in [0.5, 0.6) is 5.75 Å². The van der Waals surface area contributed by atoms with E-state index in [1.165, 1.54) is 40.8 Å². The summed E-state index contributed by atoms with van der Waals surface area (Å²) in [7, 11) is 1.42. The standard InChI is InChI=1S/C28H33FN6O7/c1-42-16-20(36)33-10-12-34(13-11-33)26(41)24(39)32-28-8-6-18(7-9-28)15-35-25(40)22(37)21(31-27(28)35)23(38)30-14-17-2-4-19(29)5-3-17/h2-5,18,37H,6-16H2,1H3,(H,30,38)(H,32,39). The topological polar surface area (TPSA) is 163 Å². The quantitative estimate of drug-likeness (QED) is 0.395. The van der Waals surface area contributed by atoms with Gasteiger partial charge in [0.15, 0.2) is 5.69 Å². The molecule has 1 saturated heterocycles. The Kier molecular flexibility index (Phi) is 8.25. The first kappa shape index (κ1) is 29.2. The third-order valence-corrected chi connectivity index (χ3v) is 8.29. The maximum Gasteiger partial charge on any atom is 0.312 e. The van der Waals surface area contributed by atoms with Crippen molar-refractivity contribution in [3.05, 3.63) is 57.5 Å². The second-order valence-corrected chi connectivity index (χ2v) is 10.9. The number of aromatic nitrogens is 2. The third kappa shape index (κ3) is 5.71. The van der Waals surface area contributed by atoms with Gasteiger partial charge in [-0.15, -0.1) is 0 Å². The molecule has 42 heavy (non-hydrogen) atoms. The molecule has 0 radical (unpaired) electrons. The predicted octanol–water partition coefficient (Wildman–Crippen LogP) is -0.149. The van der Waals surface area contributed by atoms with Crippen molar-refractivity contribution in [3.8, 4) is 5.75 Å². The van der Waals surface area contributed by atoms with E-state index in [9.17, 15) is 33.5 Å². The van der Waals surface area contributed by atoms with Crippen molar-refractivity contribution >= 4 is 23.6 Å². The first-order valence-electron chi connectivity index (χ1n) is 13.9. The van der Waals surface area contributed by atoms with Crippen molar-refractivity contribution in [2.75, 3.05) is 39.9 Å². The van der Waals surface area contributed by atoms with Gasteiger partial charge in [-0.25, -0.2) is 9.37 Å². The van der Waals surface area contributed by atoms with Gasteiger partial charge in [-0.1, -0.05) is 12.1 Å². The van der Waals surface area contributed by atoms with Crippen molar-refractivity contribution in [2.24, 2.45) is 5.92 Å². The lowest BCUT2D eigenvalue weighted by atomic mass is 9.77. The highest BCUT2D eigenvalue weighted by atomic mass is 19.1. The fourth-order valence-corrected chi connectivity index (χ4v) is 5.91. The number of halogens is 1. The van der Waals surface area contributed by atoms with Gasteiger partial charge in [0.25, 0.3) is 11.5 Å². The lowest BCUT2D eigenvalue weighted by molar-refractivity contribution is -0.150. The van der Waals surface area contributed by atoms with Crippen LogP contribution >= 0.6 is 0 Å². The zero-order valence-corrected chi connectivity index (χ0v) is 23.2. The van der Waals surface area contributed by atoms with E-state index in [4.69, 9.17) is 4.74 Å². The predicted molar refractivity (Wildman–Crippen MR) is 145 cm³/mol. The number of hydrogen-bond donors (Lipinski definition) is 3. The summed E-state index contributed by atoms with van der Waals surface area (Å²) >= 11 is 0. The van der Waals surface area contributed by atoms with Crippen molar-refractivity contribution in [1.82, 2.24) is 30.0 Å². The number of fused-ring (bicyclic) bond motifs is 2. The maximum absolute atomic E-state index is 13.3. The molecule has 4 amide bonds. The maximum atomic E-state index is 13.3. The number of ether oxygens (including phenoxy) is 1. The number of carbonyl (C=O) groups is 4. The minimum Gasteiger partial charge on any atom is -0.501 e. The SMILES string of the molecule is COCC(=O)N1CCN(C(=O)C(=O)NC23CCC(CC2)Cn2c3nc(C(=O)NCc3ccc(F)cc3)c(O)c2=O)CC1. The Bertz CT molecular complexity index is 1440. The van der Waals surface area contributed by atoms with Crippen molar-refractivity contribution in [3.63, 3.8) is 0 Å². The van der Waals surface area contributed by atoms with Crippen LogP contribution in [0.4, 0.5) is 4.39 Å². The average Bonchev–Trinajstić information content (AvgIpc) is 3.24. The second kappa shape index (κ2) is 11.9. The molecule has 14 heteroatoms. The highest BCUT2D eigenvalue weighted by Crippen LogP contribution is 2.43. The van der Waals surface area contributed by atoms with Gasteiger partial charge >= 0.3 is 11.8 Å². The summed E-state index contributed by atoms with van der Waals surface area (Å²) in [6, 6.07) is 5.48. The smallest absolute Gasteiger partial charge is 0.312 e. The molecule has 0 atom stereocenters. The summed E-state index contributed by atoms with van der Waals surface area (Å²) in [5.41, 5.74) is -1.90. The molecule has 3 aliphatic heterocycles. The number of methoxy groups -OCH3 is 1. The number of benzene rings is 1. The summed E-state index contributed by atoms with van der Waals surface area (Å²) in [4.78, 5) is 72.2. The number of nitrogens with zero attached hydrogens (tertiary/aromatic N) is 4. The van der Waals surface area contributed by atoms with E-state index in [2.05, 4.69) is 15.6 Å². The highest BCUT2D eigenvalue weighted by Gasteiger charge is 2.47. The van der Waals surface area contributed by atoms with E-state index in [0.29, 0.717) is 31.2 Å². The van der Waals surface area contributed by atoms with E-state index in [0.717, 1.165) is 0 Å². The molecule has 0 spiro atoms. The average molecular weight is 585 g/mol. The van der Waals surface area contributed by atoms with Crippen LogP contribution in [-0.2, 0) is 37.7 Å². The summed E-state index contributed by atoms with van der Waals surface area (Å²) in [5, 5.41) is 16.1. The number of aromatic hydroxyl groups is 1. The van der Waals surface area contributed by atoms with E-state index >= 15 is 0 Å². The molecule has 2 bridgehead atoms. The fourth-order valence-electron chi connectivity index (χ4n) is 5.91. The van der Waals surface area contributed by atoms with E-state index in [-0.39, 0.29) is 63.5 Å². The Morgan fingerprint density at radius 3 is 2.36 bits per heavy atom. The van der Waals surface area contributed by atoms with Crippen LogP contribution in [0.15, 0.2) is 29.1 Å². The minimum atomic E-state index is -1.20. The van der Waals surface area contributed by atoms with Crippen LogP contribution in [0, 0.1) is 11.7 Å². The molecule has 3 N–H and O–H groups in total. The summed E-state index contributed by atoms with van der Waals surface area (Å²) in [6.07, 6.45) is 2.07. The van der Waals surface area contributed by atoms with Gasteiger partial charge < -0.3 is 30.3 Å². The number of hydrogen-bond acceptors (Lipinski definition) is 8. The van der Waals surface area contributed by atoms with E-state index < -0.39 is 46.1 Å². The zero-order valence-electron chi connectivity index (χ0n) is 23.2. The molecular formula is C28H33FN6O7. The zero-order chi connectivity index (χ0) is 30.0. The van der Waals surface area contributed by atoms with Gasteiger partial charge in [-0.05, 0) is 49.3 Å². The largest absolute Gasteiger partial charge is 0.501 e. The molecule has 2 fully saturated rings. The molecule has 4 aliphatic rings. The van der Waals surface area contributed by atoms with Crippen molar-refractivity contribution < 1.29 is 33.4 Å². The molecule has 0 unspecified atom stereocenters. The molecule has 1 aromatic carbocycles. The Morgan fingerprint density at radius 1 is 1.07 bits per heavy atom. The molecule has 1 aliphatic carbocycles. The van der Waals surface area contributed by atoms with Crippen LogP contribution in [0.1, 0.15) is 47.6 Å². The van der Waals surface area contributed by atoms with Crippen molar-refractivity contribution in [2.45, 2.75) is 44.3 Å². The molecule has 13 nitrogen and oxygen atoms in total. The first-order valence-corrected chi connectivity index (χ1v) is 13.9. The Labute approximate surface area is 240 Å². The monoisotopic (exact) mass is 584 g/mol. The Balaban J connectivity index is 1.36. The van der Waals surface area contributed by atoms with Crippen molar-refractivity contribution in [1.29, 1.82) is 0 Å². The lowest BCUT2D eigenvalue weighted by Crippen LogP contribution is -2.57. The highest BCUT2D eigenvalue weighted by molar-refractivity contribution is 6.35. The molecular weight excluding hydrogens is 551 g/mol. The second-order valence-electron chi connectivity index (χ2n) is 10.9. The van der Waals surface area contributed by atoms with Gasteiger partial charge in [0, 0.05) is 46.4 Å². The van der Waals surface area contributed by atoms with Gasteiger partial charge in [-0.3, -0.25) is 28.5 Å². The summed E-state index contributed by atoms with van der Waals surface area (Å²) < 4.78 is 19.4. The lowest BCUT2D eigenvalue weighted by Gasteiger charge is -2.38. The number of carbonyl (C=O) groups excluding carboxylic acids is 4. The van der Waals surface area contributed by atoms with Crippen LogP contribution in [0.25, 0.3) is 0 Å². The molecule has 1 saturated carbocycles. The molecule has 4 heterocycles. The normalized spacial score (nSPS) is 21.3. The van der Waals surface area contributed by atoms with Crippen LogP contribution in [0.3, 0.4) is 0 Å². The molecule has 6 rings (SSSR count). The van der Waals surface area contributed by atoms with Crippen LogP contribution in [0.2, 0.25) is 0 Å². The Morgan fingerprint density at radius 2 is 1.71 bits per heavy atom. The van der Waals surface area contributed by atoms with Crippen LogP contribution in [-0.4, -0.2) is 88.0 Å². The van der Waals surface area contributed by atoms with Gasteiger partial charge in [0.1, 0.15) is 18.2 Å². The van der Waals surface area contributed by atoms with Crippen LogP contribution < -0.4 is 16.2 Å². The minimum absolute atomic E-state index is 0.00142. The van der Waals surface area contributed by atoms with E-state index in [1.807, 2.05) is 0 Å². The van der Waals surface area contributed by atoms with Gasteiger partial charge in [0.2, 0.25) is 11.7 Å². The van der Waals surface area contributed by atoms with E-state index in [1.54, 1.807) is 4.90 Å². The number of piperazine rings is 1. The van der Waals surface area contributed by atoms with Gasteiger partial charge in [-0.2, -0.15) is 0 Å². The number of rotatable bonds is 6. The van der Waals surface area contributed by atoms with Gasteiger partial charge in [0.05, 0.1) is 5.54 Å². The summed E-state index contributed by atoms with van der Waals surface area (Å²) in [5.74, 6) is -3.66. The third-order valence-electron chi connectivity index (χ3n) is 8.29. The Hall–Kier alpha value is -4.33. The first-order chi connectivity index (χ1) is 20.1. The summed E-state index contributed by atoms with van der Waals surface area (Å²) in [6.45, 7) is 1.09. The fraction of sp³-hybridized carbons (Fsp3) is 0.500. The molecule has 2 aromatic rings.